The Labute approximate surface area is 57.6 Å². The first kappa shape index (κ1) is 10.1. The Morgan fingerprint density at radius 3 is 1.67 bits per heavy atom. The van der Waals surface area contributed by atoms with E-state index in [4.69, 9.17) is 14.4 Å². The summed E-state index contributed by atoms with van der Waals surface area (Å²) in [6, 6.07) is 0. The maximum Gasteiger partial charge on any atom is 1.00 e. The summed E-state index contributed by atoms with van der Waals surface area (Å²) >= 11 is 0. The van der Waals surface area contributed by atoms with Crippen molar-refractivity contribution in [2.24, 2.45) is 0 Å². The number of hydrogen-bond donors (Lipinski definition) is 0. The summed E-state index contributed by atoms with van der Waals surface area (Å²) in [5, 5.41) is 0. The first-order chi connectivity index (χ1) is 2.00. The van der Waals surface area contributed by atoms with Crippen molar-refractivity contribution >= 4 is 7.91 Å². The van der Waals surface area contributed by atoms with Crippen molar-refractivity contribution in [1.29, 1.82) is 0 Å². The molecule has 0 aromatic rings. The molecule has 0 saturated carbocycles. The molecule has 0 heterocycles. The third-order valence-corrected chi connectivity index (χ3v) is 0. The molecule has 0 fully saturated rings. The van der Waals surface area contributed by atoms with Gasteiger partial charge in [0.15, 0.2) is 0 Å². The molecule has 6 heavy (non-hydrogen) atoms. The van der Waals surface area contributed by atoms with Crippen molar-refractivity contribution in [1.82, 2.24) is 0 Å². The van der Waals surface area contributed by atoms with Crippen LogP contribution in [0, 0.1) is 0 Å². The molecule has 0 aromatic carbocycles. The van der Waals surface area contributed by atoms with E-state index in [9.17, 15) is 4.20 Å². The van der Waals surface area contributed by atoms with Crippen LogP contribution in [0.4, 0.5) is 4.20 Å². The van der Waals surface area contributed by atoms with Crippen LogP contribution in [-0.4, -0.2) is 0 Å². The van der Waals surface area contributed by atoms with Gasteiger partial charge >= 0.3 is 31.0 Å². The Balaban J connectivity index is -0.0000000800. The Hall–Kier alpha value is 1.08. The Bertz CT molecular complexity index is 61.1. The predicted octanol–water partition coefficient (Wildman–Crippen LogP) is -4.10. The molecule has 0 radical (unpaired) electrons. The van der Waals surface area contributed by atoms with Gasteiger partial charge in [-0.15, -0.1) is 0 Å². The molecule has 0 spiro atoms. The van der Waals surface area contributed by atoms with Crippen LogP contribution in [-0.2, 0) is 4.57 Å². The van der Waals surface area contributed by atoms with Crippen molar-refractivity contribution in [3.8, 4) is 0 Å². The van der Waals surface area contributed by atoms with Gasteiger partial charge in [-0.2, -0.15) is 0 Å². The van der Waals surface area contributed by atoms with Crippen LogP contribution >= 0.6 is 7.91 Å². The van der Waals surface area contributed by atoms with Gasteiger partial charge in [0, 0.05) is 0 Å². The SMILES string of the molecule is O=P([O-])([O-])F.[H+].[Na+]. The third-order valence-electron chi connectivity index (χ3n) is 0. The quantitative estimate of drug-likeness (QED) is 0.242. The fraction of sp³-hybridized carbons (Fsp3) is 0. The second-order valence-corrected chi connectivity index (χ2v) is 1.29. The van der Waals surface area contributed by atoms with E-state index in [2.05, 4.69) is 0 Å². The van der Waals surface area contributed by atoms with Gasteiger partial charge < -0.3 is 14.4 Å². The molecule has 6 heteroatoms. The van der Waals surface area contributed by atoms with E-state index in [0.29, 0.717) is 0 Å². The number of halogens is 1. The Morgan fingerprint density at radius 1 is 1.67 bits per heavy atom. The molecular formula is HFNaO3P. The average Bonchev–Trinajstić information content (AvgIpc) is 0.722. The van der Waals surface area contributed by atoms with Crippen LogP contribution in [0.1, 0.15) is 1.43 Å². The molecule has 0 aliphatic rings. The second-order valence-electron chi connectivity index (χ2n) is 0.431. The van der Waals surface area contributed by atoms with Crippen molar-refractivity contribution in [2.45, 2.75) is 0 Å². The third kappa shape index (κ3) is 72.5. The molecule has 0 atom stereocenters. The summed E-state index contributed by atoms with van der Waals surface area (Å²) in [7, 11) is -5.64. The minimum absolute atomic E-state index is 0. The van der Waals surface area contributed by atoms with Crippen LogP contribution in [0.25, 0.3) is 0 Å². The average molecular weight is 122 g/mol. The number of hydrogen-bond acceptors (Lipinski definition) is 3. The topological polar surface area (TPSA) is 63.2 Å². The van der Waals surface area contributed by atoms with Gasteiger partial charge in [-0.1, -0.05) is 0 Å². The molecule has 0 aromatic heterocycles. The van der Waals surface area contributed by atoms with E-state index in [1.165, 1.54) is 0 Å². The van der Waals surface area contributed by atoms with Gasteiger partial charge in [0.05, 0.1) is 0 Å². The van der Waals surface area contributed by atoms with E-state index in [0.717, 1.165) is 0 Å². The summed E-state index contributed by atoms with van der Waals surface area (Å²) in [4.78, 5) is 16.9. The van der Waals surface area contributed by atoms with E-state index in [1.54, 1.807) is 0 Å². The molecule has 0 rings (SSSR count). The zero-order chi connectivity index (χ0) is 4.50. The summed E-state index contributed by atoms with van der Waals surface area (Å²) in [6.07, 6.45) is 0. The first-order valence-electron chi connectivity index (χ1n) is 0.717. The predicted molar refractivity (Wildman–Crippen MR) is 9.83 cm³/mol. The fourth-order valence-corrected chi connectivity index (χ4v) is 0. The monoisotopic (exact) mass is 122 g/mol. The minimum Gasteiger partial charge on any atom is -0.786 e. The maximum atomic E-state index is 10.1. The Morgan fingerprint density at radius 2 is 1.67 bits per heavy atom. The minimum atomic E-state index is -5.64. The molecule has 3 nitrogen and oxygen atoms in total. The standard InChI is InChI=1S/FH2O3P.Na/c1-5(2,3)4;/h(H2,2,3,4);/q;+1/p-1. The van der Waals surface area contributed by atoms with Gasteiger partial charge in [0.25, 0.3) is 0 Å². The number of rotatable bonds is 0. The summed E-state index contributed by atoms with van der Waals surface area (Å²) < 4.78 is 18.6. The zero-order valence-corrected chi connectivity index (χ0v) is 5.94. The first-order valence-corrected chi connectivity index (χ1v) is 2.15. The second kappa shape index (κ2) is 3.13. The normalized spacial score (nSPS) is 9.83. The fourth-order valence-electron chi connectivity index (χ4n) is 0. The molecule has 0 aliphatic heterocycles. The van der Waals surface area contributed by atoms with Crippen molar-refractivity contribution in [3.05, 3.63) is 0 Å². The van der Waals surface area contributed by atoms with E-state index < -0.39 is 7.91 Å². The van der Waals surface area contributed by atoms with Gasteiger partial charge in [-0.25, -0.2) is 4.20 Å². The Kier molecular flexibility index (Phi) is 5.29. The molecule has 0 saturated heterocycles. The van der Waals surface area contributed by atoms with Crippen LogP contribution < -0.4 is 39.3 Å². The molecule has 0 aliphatic carbocycles. The van der Waals surface area contributed by atoms with Crippen LogP contribution in [0.5, 0.6) is 0 Å². The smallest absolute Gasteiger partial charge is 0.786 e. The largest absolute Gasteiger partial charge is 1.00 e. The van der Waals surface area contributed by atoms with Crippen LogP contribution in [0.15, 0.2) is 0 Å². The van der Waals surface area contributed by atoms with Gasteiger partial charge in [0.2, 0.25) is 0 Å². The van der Waals surface area contributed by atoms with Crippen molar-refractivity contribution in [3.63, 3.8) is 0 Å². The molecule has 0 bridgehead atoms. The van der Waals surface area contributed by atoms with Crippen LogP contribution in [0.3, 0.4) is 0 Å². The van der Waals surface area contributed by atoms with Gasteiger partial charge in [-0.3, -0.25) is 0 Å². The van der Waals surface area contributed by atoms with E-state index >= 15 is 0 Å². The van der Waals surface area contributed by atoms with E-state index in [-0.39, 0.29) is 31.0 Å². The van der Waals surface area contributed by atoms with Gasteiger partial charge in [-0.05, 0) is 0 Å². The molecule has 0 N–H and O–H groups in total. The molecular weight excluding hydrogens is 121 g/mol. The zero-order valence-electron chi connectivity index (χ0n) is 4.05. The van der Waals surface area contributed by atoms with Crippen molar-refractivity contribution in [2.75, 3.05) is 0 Å². The van der Waals surface area contributed by atoms with Crippen molar-refractivity contribution < 1.29 is 49.5 Å². The molecule has 0 amide bonds. The molecule has 0 unspecified atom stereocenters. The van der Waals surface area contributed by atoms with Crippen LogP contribution in [0.2, 0.25) is 0 Å². The summed E-state index contributed by atoms with van der Waals surface area (Å²) in [5.41, 5.74) is 0. The van der Waals surface area contributed by atoms with E-state index in [1.807, 2.05) is 0 Å². The maximum absolute atomic E-state index is 10.1. The molecule has 32 valence electrons. The summed E-state index contributed by atoms with van der Waals surface area (Å²) in [5.74, 6) is 0. The summed E-state index contributed by atoms with van der Waals surface area (Å²) in [6.45, 7) is 0. The van der Waals surface area contributed by atoms with Gasteiger partial charge in [0.1, 0.15) is 7.91 Å².